The number of hydrazone groups is 3. The Morgan fingerprint density at radius 3 is 1.11 bits per heavy atom. The van der Waals surface area contributed by atoms with Gasteiger partial charge in [0.05, 0.1) is 31.1 Å². The van der Waals surface area contributed by atoms with Crippen LogP contribution in [0.3, 0.4) is 0 Å². The van der Waals surface area contributed by atoms with E-state index in [2.05, 4.69) is 178 Å². The Labute approximate surface area is 276 Å². The molecule has 6 nitrogen and oxygen atoms in total. The fourth-order valence-electron chi connectivity index (χ4n) is 4.66. The second-order valence-corrected chi connectivity index (χ2v) is 29.3. The second-order valence-electron chi connectivity index (χ2n) is 14.7. The molecular weight excluding hydrogens is 601 g/mol. The van der Waals surface area contributed by atoms with Gasteiger partial charge in [0.2, 0.25) is 0 Å². The molecule has 3 aromatic rings. The van der Waals surface area contributed by atoms with Crippen LogP contribution in [-0.2, 0) is 19.6 Å². The molecule has 3 rings (SSSR count). The molecule has 0 fully saturated rings. The van der Waals surface area contributed by atoms with Crippen LogP contribution in [0.1, 0.15) is 37.0 Å². The van der Waals surface area contributed by atoms with Crippen LogP contribution < -0.4 is 0 Å². The van der Waals surface area contributed by atoms with Gasteiger partial charge in [-0.15, -0.1) is 0 Å². The molecule has 9 heteroatoms. The maximum atomic E-state index is 5.53. The molecule has 0 saturated carbocycles. The standard InChI is InChI=1S/C36H56N6Si3/c1-12-35(38-41(44(6,7)8)29-33-24-18-14-19-25-33)36(39-42(45(9,10)11)30-34-26-20-15-21-27-34)31(2)37-40(43(3,4)5)28-32-22-16-13-17-23-32/h13-27H,12,28-30H2,1-11H3. The molecule has 0 amide bonds. The lowest BCUT2D eigenvalue weighted by molar-refractivity contribution is 0.437. The smallest absolute Gasteiger partial charge is 0.169 e. The summed E-state index contributed by atoms with van der Waals surface area (Å²) in [5, 5.41) is 16.4. The van der Waals surface area contributed by atoms with Gasteiger partial charge in [-0.25, -0.2) is 0 Å². The van der Waals surface area contributed by atoms with E-state index in [1.54, 1.807) is 0 Å². The first-order valence-corrected chi connectivity index (χ1v) is 26.6. The summed E-state index contributed by atoms with van der Waals surface area (Å²) < 4.78 is 7.02. The average molecular weight is 657 g/mol. The molecule has 0 atom stereocenters. The van der Waals surface area contributed by atoms with Gasteiger partial charge in [-0.3, -0.25) is 0 Å². The third-order valence-electron chi connectivity index (χ3n) is 7.53. The van der Waals surface area contributed by atoms with Crippen molar-refractivity contribution in [3.63, 3.8) is 0 Å². The third kappa shape index (κ3) is 11.5. The van der Waals surface area contributed by atoms with Crippen molar-refractivity contribution in [2.75, 3.05) is 0 Å². The van der Waals surface area contributed by atoms with E-state index in [0.29, 0.717) is 0 Å². The third-order valence-corrected chi connectivity index (χ3v) is 13.0. The van der Waals surface area contributed by atoms with Crippen molar-refractivity contribution in [3.05, 3.63) is 108 Å². The van der Waals surface area contributed by atoms with E-state index in [1.807, 2.05) is 0 Å². The molecule has 0 N–H and O–H groups in total. The van der Waals surface area contributed by atoms with E-state index in [1.165, 1.54) is 16.7 Å². The fraction of sp³-hybridized carbons (Fsp3) is 0.417. The molecule has 0 heterocycles. The van der Waals surface area contributed by atoms with Gasteiger partial charge in [0.25, 0.3) is 0 Å². The minimum absolute atomic E-state index is 0.758. The van der Waals surface area contributed by atoms with E-state index in [4.69, 9.17) is 15.3 Å². The van der Waals surface area contributed by atoms with E-state index < -0.39 is 24.7 Å². The molecule has 0 saturated heterocycles. The summed E-state index contributed by atoms with van der Waals surface area (Å²) in [6.07, 6.45) is 0.762. The van der Waals surface area contributed by atoms with Crippen LogP contribution in [0.15, 0.2) is 106 Å². The Balaban J connectivity index is 2.20. The van der Waals surface area contributed by atoms with Crippen molar-refractivity contribution in [2.24, 2.45) is 15.3 Å². The van der Waals surface area contributed by atoms with Crippen molar-refractivity contribution in [3.8, 4) is 0 Å². The summed E-state index contributed by atoms with van der Waals surface area (Å²) in [5.74, 6) is 0. The van der Waals surface area contributed by atoms with Crippen LogP contribution in [0.2, 0.25) is 58.9 Å². The van der Waals surface area contributed by atoms with Gasteiger partial charge in [-0.1, -0.05) is 157 Å². The highest BCUT2D eigenvalue weighted by Crippen LogP contribution is 2.20. The van der Waals surface area contributed by atoms with Gasteiger partial charge < -0.3 is 14.0 Å². The zero-order valence-corrected chi connectivity index (χ0v) is 32.7. The van der Waals surface area contributed by atoms with Gasteiger partial charge in [-0.2, -0.15) is 15.3 Å². The van der Waals surface area contributed by atoms with Crippen molar-refractivity contribution >= 4 is 41.8 Å². The fourth-order valence-corrected chi connectivity index (χ4v) is 7.90. The molecule has 0 radical (unpaired) electrons. The van der Waals surface area contributed by atoms with Gasteiger partial charge >= 0.3 is 0 Å². The van der Waals surface area contributed by atoms with E-state index in [9.17, 15) is 0 Å². The molecule has 45 heavy (non-hydrogen) atoms. The minimum Gasteiger partial charge on any atom is -0.320 e. The topological polar surface area (TPSA) is 46.8 Å². The predicted molar refractivity (Wildman–Crippen MR) is 204 cm³/mol. The molecule has 0 aliphatic heterocycles. The number of hydrogen-bond donors (Lipinski definition) is 0. The first-order valence-electron chi connectivity index (χ1n) is 16.2. The molecule has 0 aromatic heterocycles. The number of benzene rings is 3. The Hall–Kier alpha value is -3.28. The maximum absolute atomic E-state index is 5.53. The van der Waals surface area contributed by atoms with Gasteiger partial charge in [-0.05, 0) is 30.0 Å². The highest BCUT2D eigenvalue weighted by molar-refractivity contribution is 6.75. The Kier molecular flexibility index (Phi) is 12.7. The number of rotatable bonds is 15. The van der Waals surface area contributed by atoms with E-state index in [-0.39, 0.29) is 0 Å². The van der Waals surface area contributed by atoms with Crippen LogP contribution in [0, 0.1) is 0 Å². The van der Waals surface area contributed by atoms with Crippen LogP contribution in [0.4, 0.5) is 0 Å². The molecule has 0 aliphatic rings. The van der Waals surface area contributed by atoms with Crippen molar-refractivity contribution in [2.45, 2.75) is 98.8 Å². The highest BCUT2D eigenvalue weighted by atomic mass is 28.3. The summed E-state index contributed by atoms with van der Waals surface area (Å²) in [5.41, 5.74) is 6.59. The van der Waals surface area contributed by atoms with E-state index >= 15 is 0 Å². The van der Waals surface area contributed by atoms with Crippen LogP contribution >= 0.6 is 0 Å². The molecular formula is C36H56N6Si3. The first kappa shape index (κ1) is 36.2. The molecule has 242 valence electrons. The lowest BCUT2D eigenvalue weighted by Crippen LogP contribution is -2.46. The predicted octanol–water partition coefficient (Wildman–Crippen LogP) is 9.50. The summed E-state index contributed by atoms with van der Waals surface area (Å²) in [6, 6.07) is 32.0. The average Bonchev–Trinajstić information content (AvgIpc) is 2.97. The quantitative estimate of drug-likeness (QED) is 0.0930. The largest absolute Gasteiger partial charge is 0.320 e. The molecule has 3 aromatic carbocycles. The minimum atomic E-state index is -1.89. The van der Waals surface area contributed by atoms with Crippen molar-refractivity contribution in [1.29, 1.82) is 0 Å². The number of hydrogen-bond acceptors (Lipinski definition) is 6. The van der Waals surface area contributed by atoms with Crippen molar-refractivity contribution in [1.82, 2.24) is 14.0 Å². The monoisotopic (exact) mass is 656 g/mol. The Bertz CT molecular complexity index is 1420. The van der Waals surface area contributed by atoms with Crippen LogP contribution in [0.25, 0.3) is 0 Å². The second kappa shape index (κ2) is 15.8. The maximum Gasteiger partial charge on any atom is 0.169 e. The molecule has 0 aliphatic carbocycles. The first-order chi connectivity index (χ1) is 21.1. The lowest BCUT2D eigenvalue weighted by Gasteiger charge is -2.35. The summed E-state index contributed by atoms with van der Waals surface area (Å²) in [7, 11) is -5.55. The Morgan fingerprint density at radius 2 is 0.800 bits per heavy atom. The highest BCUT2D eigenvalue weighted by Gasteiger charge is 2.29. The van der Waals surface area contributed by atoms with Gasteiger partial charge in [0.15, 0.2) is 24.7 Å². The lowest BCUT2D eigenvalue weighted by atomic mass is 10.1. The SMILES string of the molecule is CCC(=NN(Cc1ccccc1)[Si](C)(C)C)C(=NN(Cc1ccccc1)[Si](C)(C)C)C(C)=NN(Cc1ccccc1)[Si](C)(C)C. The van der Waals surface area contributed by atoms with Crippen LogP contribution in [0.5, 0.6) is 0 Å². The summed E-state index contributed by atoms with van der Waals surface area (Å²) in [4.78, 5) is 0. The van der Waals surface area contributed by atoms with E-state index in [0.717, 1.165) is 43.2 Å². The normalized spacial score (nSPS) is 13.5. The molecule has 0 unspecified atom stereocenters. The molecule has 0 bridgehead atoms. The zero-order valence-electron chi connectivity index (χ0n) is 29.7. The number of nitrogens with zero attached hydrogens (tertiary/aromatic N) is 6. The van der Waals surface area contributed by atoms with Gasteiger partial charge in [0.1, 0.15) is 5.71 Å². The summed E-state index contributed by atoms with van der Waals surface area (Å²) in [6.45, 7) is 27.9. The van der Waals surface area contributed by atoms with Gasteiger partial charge in [0, 0.05) is 0 Å². The van der Waals surface area contributed by atoms with Crippen LogP contribution in [-0.4, -0.2) is 55.9 Å². The zero-order chi connectivity index (χ0) is 33.3. The van der Waals surface area contributed by atoms with Crippen molar-refractivity contribution < 1.29 is 0 Å². The Morgan fingerprint density at radius 1 is 0.489 bits per heavy atom. The summed E-state index contributed by atoms with van der Waals surface area (Å²) >= 11 is 0. The molecule has 0 spiro atoms.